The van der Waals surface area contributed by atoms with Crippen molar-refractivity contribution in [2.75, 3.05) is 6.54 Å². The molecule has 0 bridgehead atoms. The number of hydrogen-bond donors (Lipinski definition) is 0. The summed E-state index contributed by atoms with van der Waals surface area (Å²) in [7, 11) is 0. The average molecular weight is 447 g/mol. The Balaban J connectivity index is 1.59. The van der Waals surface area contributed by atoms with Crippen LogP contribution in [0.5, 0.6) is 0 Å². The SMILES string of the molecule is O=C(c1cccc(C(F)(F)F)c1Cl)N1CCn2c(C3CC3)nnc2[C@H]1c1ccccc1. The number of rotatable bonds is 3. The van der Waals surface area contributed by atoms with Crippen molar-refractivity contribution in [1.82, 2.24) is 19.7 Å². The molecule has 1 aromatic heterocycles. The lowest BCUT2D eigenvalue weighted by Crippen LogP contribution is -2.43. The molecule has 9 heteroatoms. The first-order chi connectivity index (χ1) is 14.9. The third-order valence-corrected chi connectivity index (χ3v) is 6.19. The molecule has 1 amide bonds. The van der Waals surface area contributed by atoms with E-state index in [1.807, 2.05) is 34.9 Å². The second kappa shape index (κ2) is 7.37. The molecule has 5 rings (SSSR count). The van der Waals surface area contributed by atoms with Crippen molar-refractivity contribution in [2.45, 2.75) is 37.5 Å². The molecule has 1 aliphatic heterocycles. The lowest BCUT2D eigenvalue weighted by Gasteiger charge is -2.36. The molecule has 1 fully saturated rings. The first kappa shape index (κ1) is 20.1. The first-order valence-corrected chi connectivity index (χ1v) is 10.4. The summed E-state index contributed by atoms with van der Waals surface area (Å²) in [5.41, 5.74) is -0.380. The monoisotopic (exact) mass is 446 g/mol. The fraction of sp³-hybridized carbons (Fsp3) is 0.318. The van der Waals surface area contributed by atoms with Crippen LogP contribution in [0.2, 0.25) is 5.02 Å². The minimum Gasteiger partial charge on any atom is -0.322 e. The van der Waals surface area contributed by atoms with E-state index in [0.717, 1.165) is 30.3 Å². The fourth-order valence-electron chi connectivity index (χ4n) is 4.13. The Bertz CT molecular complexity index is 1140. The predicted octanol–water partition coefficient (Wildman–Crippen LogP) is 5.07. The maximum absolute atomic E-state index is 13.5. The fourth-order valence-corrected chi connectivity index (χ4v) is 4.45. The van der Waals surface area contributed by atoms with E-state index in [4.69, 9.17) is 11.6 Å². The van der Waals surface area contributed by atoms with Crippen LogP contribution in [0, 0.1) is 0 Å². The number of carbonyl (C=O) groups excluding carboxylic acids is 1. The van der Waals surface area contributed by atoms with Gasteiger partial charge in [0.05, 0.1) is 16.1 Å². The van der Waals surface area contributed by atoms with Crippen LogP contribution in [0.25, 0.3) is 0 Å². The van der Waals surface area contributed by atoms with Crippen LogP contribution in [0.4, 0.5) is 13.2 Å². The van der Waals surface area contributed by atoms with E-state index in [1.54, 1.807) is 0 Å². The van der Waals surface area contributed by atoms with Crippen LogP contribution < -0.4 is 0 Å². The lowest BCUT2D eigenvalue weighted by atomic mass is 10.0. The smallest absolute Gasteiger partial charge is 0.322 e. The molecule has 3 aromatic rings. The molecule has 2 aromatic carbocycles. The van der Waals surface area contributed by atoms with Gasteiger partial charge in [-0.25, -0.2) is 0 Å². The van der Waals surface area contributed by atoms with E-state index in [2.05, 4.69) is 10.2 Å². The number of aromatic nitrogens is 3. The molecule has 160 valence electrons. The molecule has 1 aliphatic carbocycles. The number of halogens is 4. The molecule has 1 atom stereocenters. The standard InChI is InChI=1S/C22H18ClF3N4O/c23-17-15(7-4-8-16(17)22(24,25)26)21(31)29-11-12-30-19(14-9-10-14)27-28-20(30)18(29)13-5-2-1-3-6-13/h1-8,14,18H,9-12H2/t18-/m1/s1. The van der Waals surface area contributed by atoms with E-state index < -0.39 is 28.7 Å². The summed E-state index contributed by atoms with van der Waals surface area (Å²) in [6.07, 6.45) is -2.51. The van der Waals surface area contributed by atoms with Gasteiger partial charge < -0.3 is 9.47 Å². The van der Waals surface area contributed by atoms with Gasteiger partial charge in [0.2, 0.25) is 0 Å². The Labute approximate surface area is 181 Å². The van der Waals surface area contributed by atoms with Gasteiger partial charge >= 0.3 is 6.18 Å². The van der Waals surface area contributed by atoms with Crippen molar-refractivity contribution in [3.63, 3.8) is 0 Å². The number of amides is 1. The number of benzene rings is 2. The van der Waals surface area contributed by atoms with Crippen LogP contribution in [-0.4, -0.2) is 32.1 Å². The van der Waals surface area contributed by atoms with Gasteiger partial charge in [-0.3, -0.25) is 4.79 Å². The number of alkyl halides is 3. The van der Waals surface area contributed by atoms with E-state index in [1.165, 1.54) is 17.0 Å². The molecule has 0 spiro atoms. The maximum Gasteiger partial charge on any atom is 0.417 e. The summed E-state index contributed by atoms with van der Waals surface area (Å²) in [5, 5.41) is 8.17. The highest BCUT2D eigenvalue weighted by Gasteiger charge is 2.40. The second-order valence-electron chi connectivity index (χ2n) is 7.82. The molecule has 2 heterocycles. The molecule has 0 unspecified atom stereocenters. The molecule has 0 N–H and O–H groups in total. The average Bonchev–Trinajstić information content (AvgIpc) is 3.51. The number of nitrogens with zero attached hydrogens (tertiary/aromatic N) is 4. The molecule has 2 aliphatic rings. The van der Waals surface area contributed by atoms with Gasteiger partial charge in [-0.2, -0.15) is 13.2 Å². The summed E-state index contributed by atoms with van der Waals surface area (Å²) >= 11 is 6.05. The zero-order valence-corrected chi connectivity index (χ0v) is 17.1. The maximum atomic E-state index is 13.5. The second-order valence-corrected chi connectivity index (χ2v) is 8.20. The molecule has 31 heavy (non-hydrogen) atoms. The summed E-state index contributed by atoms with van der Waals surface area (Å²) in [5.74, 6) is 1.36. The molecule has 5 nitrogen and oxygen atoms in total. The van der Waals surface area contributed by atoms with Crippen molar-refractivity contribution in [2.24, 2.45) is 0 Å². The highest BCUT2D eigenvalue weighted by Crippen LogP contribution is 2.42. The van der Waals surface area contributed by atoms with Crippen molar-refractivity contribution in [3.05, 3.63) is 81.9 Å². The summed E-state index contributed by atoms with van der Waals surface area (Å²) < 4.78 is 42.0. The van der Waals surface area contributed by atoms with Crippen LogP contribution >= 0.6 is 11.6 Å². The van der Waals surface area contributed by atoms with Gasteiger partial charge in [-0.05, 0) is 30.5 Å². The predicted molar refractivity (Wildman–Crippen MR) is 108 cm³/mol. The zero-order chi connectivity index (χ0) is 21.8. The highest BCUT2D eigenvalue weighted by molar-refractivity contribution is 6.34. The van der Waals surface area contributed by atoms with Gasteiger partial charge in [0, 0.05) is 19.0 Å². The minimum absolute atomic E-state index is 0.173. The Morgan fingerprint density at radius 2 is 1.68 bits per heavy atom. The van der Waals surface area contributed by atoms with E-state index >= 15 is 0 Å². The Morgan fingerprint density at radius 3 is 2.35 bits per heavy atom. The summed E-state index contributed by atoms with van der Waals surface area (Å²) in [6.45, 7) is 0.801. The minimum atomic E-state index is -4.65. The summed E-state index contributed by atoms with van der Waals surface area (Å²) in [6, 6.07) is 12.2. The number of fused-ring (bicyclic) bond motifs is 1. The van der Waals surface area contributed by atoms with Crippen LogP contribution in [0.3, 0.4) is 0 Å². The van der Waals surface area contributed by atoms with Crippen molar-refractivity contribution >= 4 is 17.5 Å². The Hall–Kier alpha value is -2.87. The van der Waals surface area contributed by atoms with Gasteiger partial charge in [-0.1, -0.05) is 48.0 Å². The highest BCUT2D eigenvalue weighted by atomic mass is 35.5. The topological polar surface area (TPSA) is 51.0 Å². The Morgan fingerprint density at radius 1 is 0.968 bits per heavy atom. The van der Waals surface area contributed by atoms with E-state index in [9.17, 15) is 18.0 Å². The molecule has 0 saturated heterocycles. The molecular weight excluding hydrogens is 429 g/mol. The van der Waals surface area contributed by atoms with Crippen molar-refractivity contribution < 1.29 is 18.0 Å². The molecule has 0 radical (unpaired) electrons. The van der Waals surface area contributed by atoms with Gasteiger partial charge in [0.1, 0.15) is 11.9 Å². The first-order valence-electron chi connectivity index (χ1n) is 10.0. The van der Waals surface area contributed by atoms with Crippen LogP contribution in [0.15, 0.2) is 48.5 Å². The van der Waals surface area contributed by atoms with Crippen LogP contribution in [-0.2, 0) is 12.7 Å². The Kier molecular flexibility index (Phi) is 4.77. The van der Waals surface area contributed by atoms with E-state index in [0.29, 0.717) is 24.8 Å². The normalized spacial score (nSPS) is 18.7. The summed E-state index contributed by atoms with van der Waals surface area (Å²) in [4.78, 5) is 15.0. The van der Waals surface area contributed by atoms with Crippen molar-refractivity contribution in [1.29, 1.82) is 0 Å². The van der Waals surface area contributed by atoms with Crippen molar-refractivity contribution in [3.8, 4) is 0 Å². The largest absolute Gasteiger partial charge is 0.417 e. The van der Waals surface area contributed by atoms with E-state index in [-0.39, 0.29) is 5.56 Å². The van der Waals surface area contributed by atoms with Crippen LogP contribution in [0.1, 0.15) is 57.9 Å². The van der Waals surface area contributed by atoms with Gasteiger partial charge in [0.25, 0.3) is 5.91 Å². The number of hydrogen-bond acceptors (Lipinski definition) is 3. The quantitative estimate of drug-likeness (QED) is 0.564. The zero-order valence-electron chi connectivity index (χ0n) is 16.3. The third kappa shape index (κ3) is 3.48. The molecular formula is C22H18ClF3N4O. The lowest BCUT2D eigenvalue weighted by molar-refractivity contribution is -0.137. The van der Waals surface area contributed by atoms with Gasteiger partial charge in [0.15, 0.2) is 5.82 Å². The van der Waals surface area contributed by atoms with Gasteiger partial charge in [-0.15, -0.1) is 10.2 Å². The third-order valence-electron chi connectivity index (χ3n) is 5.78. The molecule has 1 saturated carbocycles. The number of carbonyl (C=O) groups is 1.